The van der Waals surface area contributed by atoms with Gasteiger partial charge >= 0.3 is 11.9 Å². The first-order valence-electron chi connectivity index (χ1n) is 7.31. The van der Waals surface area contributed by atoms with Crippen LogP contribution in [0.3, 0.4) is 0 Å². The van der Waals surface area contributed by atoms with Crippen LogP contribution >= 0.6 is 0 Å². The number of methoxy groups -OCH3 is 1. The largest absolute Gasteiger partial charge is 0.468 e. The van der Waals surface area contributed by atoms with E-state index in [1.54, 1.807) is 12.2 Å². The molecule has 2 heterocycles. The number of rotatable bonds is 3. The summed E-state index contributed by atoms with van der Waals surface area (Å²) in [5, 5.41) is 0. The van der Waals surface area contributed by atoms with Crippen molar-refractivity contribution in [2.24, 2.45) is 5.41 Å². The summed E-state index contributed by atoms with van der Waals surface area (Å²) in [7, 11) is 1.29. The first kappa shape index (κ1) is 13.6. The zero-order valence-electron chi connectivity index (χ0n) is 11.7. The van der Waals surface area contributed by atoms with Gasteiger partial charge in [-0.05, 0) is 18.9 Å². The molecule has 3 atom stereocenters. The van der Waals surface area contributed by atoms with Crippen molar-refractivity contribution >= 4 is 11.9 Å². The summed E-state index contributed by atoms with van der Waals surface area (Å²) in [4.78, 5) is 24.3. The Morgan fingerprint density at radius 2 is 2.10 bits per heavy atom. The Hall–Kier alpha value is -1.36. The lowest BCUT2D eigenvalue weighted by atomic mass is 9.73. The van der Waals surface area contributed by atoms with Crippen molar-refractivity contribution in [3.63, 3.8) is 0 Å². The molecule has 4 aliphatic rings. The Morgan fingerprint density at radius 3 is 2.75 bits per heavy atom. The number of ether oxygens (including phenoxy) is 3. The van der Waals surface area contributed by atoms with Gasteiger partial charge in [0, 0.05) is 6.42 Å². The fourth-order valence-corrected chi connectivity index (χ4v) is 3.41. The van der Waals surface area contributed by atoms with E-state index in [1.165, 1.54) is 13.5 Å². The molecule has 5 nitrogen and oxygen atoms in total. The van der Waals surface area contributed by atoms with Crippen molar-refractivity contribution in [3.05, 3.63) is 12.2 Å². The van der Waals surface area contributed by atoms with Crippen molar-refractivity contribution in [1.29, 1.82) is 0 Å². The summed E-state index contributed by atoms with van der Waals surface area (Å²) < 4.78 is 16.2. The van der Waals surface area contributed by atoms with Crippen molar-refractivity contribution in [2.75, 3.05) is 7.11 Å². The molecule has 0 radical (unpaired) electrons. The minimum Gasteiger partial charge on any atom is -0.468 e. The maximum atomic E-state index is 12.2. The van der Waals surface area contributed by atoms with Crippen LogP contribution in [-0.4, -0.2) is 37.4 Å². The van der Waals surface area contributed by atoms with Gasteiger partial charge in [-0.15, -0.1) is 0 Å². The quantitative estimate of drug-likeness (QED) is 0.448. The molecule has 110 valence electrons. The van der Waals surface area contributed by atoms with E-state index in [9.17, 15) is 9.59 Å². The molecule has 20 heavy (non-hydrogen) atoms. The Kier molecular flexibility index (Phi) is 3.54. The van der Waals surface area contributed by atoms with Gasteiger partial charge in [0.2, 0.25) is 5.41 Å². The highest BCUT2D eigenvalue weighted by Gasteiger charge is 2.60. The predicted octanol–water partition coefficient (Wildman–Crippen LogP) is 1.75. The van der Waals surface area contributed by atoms with Crippen LogP contribution in [0.2, 0.25) is 0 Å². The van der Waals surface area contributed by atoms with Crippen molar-refractivity contribution in [3.8, 4) is 0 Å². The van der Waals surface area contributed by atoms with E-state index in [4.69, 9.17) is 14.2 Å². The third-order valence-electron chi connectivity index (χ3n) is 4.56. The molecule has 4 rings (SSSR count). The Morgan fingerprint density at radius 1 is 1.35 bits per heavy atom. The number of hydrogen-bond acceptors (Lipinski definition) is 5. The van der Waals surface area contributed by atoms with E-state index in [0.717, 1.165) is 25.7 Å². The first-order valence-corrected chi connectivity index (χ1v) is 7.31. The summed E-state index contributed by atoms with van der Waals surface area (Å²) in [5.41, 5.74) is -1.40. The molecular formula is C15H20O5. The highest BCUT2D eigenvalue weighted by molar-refractivity contribution is 6.04. The van der Waals surface area contributed by atoms with Gasteiger partial charge in [0.15, 0.2) is 0 Å². The number of hydrogen-bond donors (Lipinski definition) is 0. The molecule has 0 aromatic heterocycles. The van der Waals surface area contributed by atoms with Gasteiger partial charge in [-0.2, -0.15) is 0 Å². The molecule has 2 aliphatic heterocycles. The van der Waals surface area contributed by atoms with Gasteiger partial charge in [0.25, 0.3) is 0 Å². The van der Waals surface area contributed by atoms with Crippen molar-refractivity contribution in [2.45, 2.75) is 56.8 Å². The number of carbonyl (C=O) groups is 2. The van der Waals surface area contributed by atoms with E-state index in [2.05, 4.69) is 0 Å². The predicted molar refractivity (Wildman–Crippen MR) is 69.8 cm³/mol. The van der Waals surface area contributed by atoms with Crippen molar-refractivity contribution < 1.29 is 23.8 Å². The standard InChI is InChI=1S/C15H20O5/c1-18-13(16)15-8-7-11(20-14(15)17)9-12(15)19-10-5-3-2-4-6-10/h7-8,10-12H,2-6,9H2,1H3. The van der Waals surface area contributed by atoms with Crippen LogP contribution in [0.25, 0.3) is 0 Å². The molecule has 0 amide bonds. The highest BCUT2D eigenvalue weighted by atomic mass is 16.6. The van der Waals surface area contributed by atoms with E-state index in [1.807, 2.05) is 0 Å². The van der Waals surface area contributed by atoms with Crippen LogP contribution in [0, 0.1) is 5.41 Å². The molecule has 0 aromatic rings. The topological polar surface area (TPSA) is 61.8 Å². The van der Waals surface area contributed by atoms with Gasteiger partial charge in [0.1, 0.15) is 6.10 Å². The summed E-state index contributed by atoms with van der Waals surface area (Å²) in [6.07, 6.45) is 8.83. The summed E-state index contributed by atoms with van der Waals surface area (Å²) in [5.74, 6) is -1.12. The van der Waals surface area contributed by atoms with Crippen LogP contribution < -0.4 is 0 Å². The van der Waals surface area contributed by atoms with Crippen LogP contribution in [0.4, 0.5) is 0 Å². The zero-order valence-corrected chi connectivity index (χ0v) is 11.7. The van der Waals surface area contributed by atoms with Gasteiger partial charge in [-0.3, -0.25) is 9.59 Å². The lowest BCUT2D eigenvalue weighted by molar-refractivity contribution is -0.201. The minimum atomic E-state index is -1.40. The maximum Gasteiger partial charge on any atom is 0.330 e. The maximum absolute atomic E-state index is 12.2. The lowest BCUT2D eigenvalue weighted by Gasteiger charge is -2.45. The molecule has 2 aliphatic carbocycles. The molecule has 5 heteroatoms. The molecular weight excluding hydrogens is 260 g/mol. The van der Waals surface area contributed by atoms with Crippen LogP contribution in [0.15, 0.2) is 12.2 Å². The third kappa shape index (κ3) is 2.04. The number of fused-ring (bicyclic) bond motifs is 2. The van der Waals surface area contributed by atoms with E-state index in [-0.39, 0.29) is 12.2 Å². The van der Waals surface area contributed by atoms with Gasteiger partial charge in [-0.25, -0.2) is 0 Å². The van der Waals surface area contributed by atoms with E-state index >= 15 is 0 Å². The molecule has 1 saturated heterocycles. The highest BCUT2D eigenvalue weighted by Crippen LogP contribution is 2.43. The fraction of sp³-hybridized carbons (Fsp3) is 0.733. The Balaban J connectivity index is 1.83. The molecule has 3 unspecified atom stereocenters. The molecule has 0 N–H and O–H groups in total. The Labute approximate surface area is 118 Å². The van der Waals surface area contributed by atoms with Gasteiger partial charge < -0.3 is 14.2 Å². The molecule has 2 bridgehead atoms. The average molecular weight is 280 g/mol. The second-order valence-corrected chi connectivity index (χ2v) is 5.78. The summed E-state index contributed by atoms with van der Waals surface area (Å²) in [6, 6.07) is 0. The van der Waals surface area contributed by atoms with Crippen LogP contribution in [0.1, 0.15) is 38.5 Å². The van der Waals surface area contributed by atoms with Gasteiger partial charge in [0.05, 0.1) is 19.3 Å². The number of esters is 2. The normalized spacial score (nSPS) is 36.8. The van der Waals surface area contributed by atoms with Gasteiger partial charge in [-0.1, -0.05) is 25.3 Å². The second-order valence-electron chi connectivity index (χ2n) is 5.78. The SMILES string of the molecule is COC(=O)C12C=CC(CC1OC1CCCCC1)OC2=O. The number of carbonyl (C=O) groups excluding carboxylic acids is 2. The lowest BCUT2D eigenvalue weighted by Crippen LogP contribution is -2.59. The molecule has 1 saturated carbocycles. The Bertz CT molecular complexity index is 438. The molecule has 2 fully saturated rings. The monoisotopic (exact) mass is 280 g/mol. The zero-order chi connectivity index (χ0) is 14.2. The van der Waals surface area contributed by atoms with E-state index in [0.29, 0.717) is 6.42 Å². The van der Waals surface area contributed by atoms with Crippen LogP contribution in [-0.2, 0) is 23.8 Å². The smallest absolute Gasteiger partial charge is 0.330 e. The average Bonchev–Trinajstić information content (AvgIpc) is 2.48. The van der Waals surface area contributed by atoms with Crippen LogP contribution in [0.5, 0.6) is 0 Å². The van der Waals surface area contributed by atoms with E-state index < -0.39 is 23.5 Å². The second kappa shape index (κ2) is 5.20. The van der Waals surface area contributed by atoms with Crippen molar-refractivity contribution in [1.82, 2.24) is 0 Å². The minimum absolute atomic E-state index is 0.135. The fourth-order valence-electron chi connectivity index (χ4n) is 3.41. The summed E-state index contributed by atoms with van der Waals surface area (Å²) >= 11 is 0. The molecule has 0 spiro atoms. The summed E-state index contributed by atoms with van der Waals surface area (Å²) in [6.45, 7) is 0. The molecule has 0 aromatic carbocycles. The third-order valence-corrected chi connectivity index (χ3v) is 4.56. The first-order chi connectivity index (χ1) is 9.66.